The lowest BCUT2D eigenvalue weighted by Gasteiger charge is -2.21. The number of rotatable bonds is 5. The summed E-state index contributed by atoms with van der Waals surface area (Å²) in [5.41, 5.74) is 4.14. The highest BCUT2D eigenvalue weighted by atomic mass is 16.7. The van der Waals surface area contributed by atoms with Crippen LogP contribution in [0.2, 0.25) is 0 Å². The molecule has 1 aliphatic heterocycles. The first-order valence-electron chi connectivity index (χ1n) is 9.19. The Kier molecular flexibility index (Phi) is 5.11. The zero-order valence-corrected chi connectivity index (χ0v) is 15.6. The normalized spacial score (nSPS) is 13.5. The number of carbonyl (C=O) groups is 1. The van der Waals surface area contributed by atoms with Gasteiger partial charge in [-0.1, -0.05) is 60.7 Å². The van der Waals surface area contributed by atoms with Gasteiger partial charge < -0.3 is 14.8 Å². The van der Waals surface area contributed by atoms with Crippen LogP contribution in [0.1, 0.15) is 28.3 Å². The predicted molar refractivity (Wildman–Crippen MR) is 109 cm³/mol. The molecule has 1 unspecified atom stereocenters. The molecule has 3 aromatic rings. The Morgan fingerprint density at radius 1 is 0.964 bits per heavy atom. The Labute approximate surface area is 164 Å². The van der Waals surface area contributed by atoms with Crippen molar-refractivity contribution >= 4 is 12.0 Å². The fraction of sp³-hybridized carbons (Fsp3) is 0.125. The fourth-order valence-corrected chi connectivity index (χ4v) is 3.28. The maximum atomic E-state index is 12.7. The first-order valence-corrected chi connectivity index (χ1v) is 9.19. The van der Waals surface area contributed by atoms with Crippen LogP contribution in [-0.2, 0) is 4.79 Å². The number of amides is 1. The Balaban J connectivity index is 1.55. The van der Waals surface area contributed by atoms with Crippen molar-refractivity contribution in [1.29, 1.82) is 0 Å². The zero-order valence-electron chi connectivity index (χ0n) is 15.6. The molecular weight excluding hydrogens is 350 g/mol. The second-order valence-electron chi connectivity index (χ2n) is 6.65. The number of carbonyl (C=O) groups excluding carboxylic acids is 1. The average Bonchev–Trinajstić information content (AvgIpc) is 3.20. The third kappa shape index (κ3) is 3.91. The van der Waals surface area contributed by atoms with E-state index in [9.17, 15) is 4.79 Å². The first kappa shape index (κ1) is 17.9. The molecule has 0 radical (unpaired) electrons. The van der Waals surface area contributed by atoms with Crippen molar-refractivity contribution in [3.05, 3.63) is 101 Å². The van der Waals surface area contributed by atoms with Crippen molar-refractivity contribution in [2.45, 2.75) is 13.0 Å². The molecule has 140 valence electrons. The minimum absolute atomic E-state index is 0.158. The highest BCUT2D eigenvalue weighted by Crippen LogP contribution is 2.32. The van der Waals surface area contributed by atoms with E-state index in [1.165, 1.54) is 0 Å². The van der Waals surface area contributed by atoms with Gasteiger partial charge in [0.2, 0.25) is 12.7 Å². The zero-order chi connectivity index (χ0) is 19.3. The minimum atomic E-state index is -0.212. The lowest BCUT2D eigenvalue weighted by Crippen LogP contribution is -2.28. The molecule has 1 heterocycles. The summed E-state index contributed by atoms with van der Waals surface area (Å²) < 4.78 is 10.7. The Morgan fingerprint density at radius 3 is 2.54 bits per heavy atom. The summed E-state index contributed by atoms with van der Waals surface area (Å²) in [6.45, 7) is 2.29. The van der Waals surface area contributed by atoms with Crippen LogP contribution in [0.4, 0.5) is 0 Å². The average molecular weight is 371 g/mol. The van der Waals surface area contributed by atoms with Crippen molar-refractivity contribution in [2.24, 2.45) is 0 Å². The molecule has 0 aromatic heterocycles. The standard InChI is InChI=1S/C24H21NO3/c1-17-7-5-6-10-20(17)24(19-8-3-2-4-9-19)25-23(26)14-12-18-11-13-21-22(15-18)28-16-27-21/h2-15,24H,16H2,1H3,(H,25,26)/b14-12+. The van der Waals surface area contributed by atoms with Crippen molar-refractivity contribution in [3.8, 4) is 11.5 Å². The molecule has 0 aliphatic carbocycles. The van der Waals surface area contributed by atoms with Crippen LogP contribution in [0.15, 0.2) is 78.9 Å². The van der Waals surface area contributed by atoms with Gasteiger partial charge in [0.15, 0.2) is 11.5 Å². The minimum Gasteiger partial charge on any atom is -0.454 e. The highest BCUT2D eigenvalue weighted by Gasteiger charge is 2.17. The Hall–Kier alpha value is -3.53. The van der Waals surface area contributed by atoms with E-state index >= 15 is 0 Å². The summed E-state index contributed by atoms with van der Waals surface area (Å²) in [5, 5.41) is 3.13. The van der Waals surface area contributed by atoms with Gasteiger partial charge in [-0.15, -0.1) is 0 Å². The van der Waals surface area contributed by atoms with Crippen LogP contribution < -0.4 is 14.8 Å². The lowest BCUT2D eigenvalue weighted by molar-refractivity contribution is -0.116. The number of fused-ring (bicyclic) bond motifs is 1. The number of hydrogen-bond donors (Lipinski definition) is 1. The second-order valence-corrected chi connectivity index (χ2v) is 6.65. The maximum Gasteiger partial charge on any atom is 0.244 e. The molecule has 4 rings (SSSR count). The van der Waals surface area contributed by atoms with Crippen LogP contribution in [0.25, 0.3) is 6.08 Å². The third-order valence-corrected chi connectivity index (χ3v) is 4.74. The molecule has 0 fully saturated rings. The molecule has 1 N–H and O–H groups in total. The molecule has 1 atom stereocenters. The van der Waals surface area contributed by atoms with Gasteiger partial charge in [0.1, 0.15) is 0 Å². The maximum absolute atomic E-state index is 12.7. The largest absolute Gasteiger partial charge is 0.454 e. The molecule has 0 spiro atoms. The van der Waals surface area contributed by atoms with Gasteiger partial charge in [0.25, 0.3) is 0 Å². The Bertz CT molecular complexity index is 1010. The van der Waals surface area contributed by atoms with Crippen LogP contribution in [0.5, 0.6) is 11.5 Å². The summed E-state index contributed by atoms with van der Waals surface area (Å²) >= 11 is 0. The van der Waals surface area contributed by atoms with Gasteiger partial charge in [0, 0.05) is 6.08 Å². The first-order chi connectivity index (χ1) is 13.7. The van der Waals surface area contributed by atoms with E-state index in [1.54, 1.807) is 12.2 Å². The van der Waals surface area contributed by atoms with Gasteiger partial charge >= 0.3 is 0 Å². The van der Waals surface area contributed by atoms with E-state index in [0.29, 0.717) is 5.75 Å². The van der Waals surface area contributed by atoms with Gasteiger partial charge in [0.05, 0.1) is 6.04 Å². The van der Waals surface area contributed by atoms with Crippen LogP contribution >= 0.6 is 0 Å². The van der Waals surface area contributed by atoms with Gasteiger partial charge in [-0.05, 0) is 47.4 Å². The summed E-state index contributed by atoms with van der Waals surface area (Å²) in [5.74, 6) is 1.27. The van der Waals surface area contributed by atoms with Crippen molar-refractivity contribution in [3.63, 3.8) is 0 Å². The summed E-state index contributed by atoms with van der Waals surface area (Å²) in [6.07, 6.45) is 3.32. The van der Waals surface area contributed by atoms with E-state index in [2.05, 4.69) is 24.4 Å². The molecule has 0 bridgehead atoms. The summed E-state index contributed by atoms with van der Waals surface area (Å²) in [6, 6.07) is 23.5. The van der Waals surface area contributed by atoms with E-state index in [1.807, 2.05) is 60.7 Å². The molecule has 3 aromatic carbocycles. The number of ether oxygens (including phenoxy) is 2. The van der Waals surface area contributed by atoms with E-state index in [-0.39, 0.29) is 18.7 Å². The monoisotopic (exact) mass is 371 g/mol. The molecule has 4 heteroatoms. The summed E-state index contributed by atoms with van der Waals surface area (Å²) in [7, 11) is 0. The van der Waals surface area contributed by atoms with Gasteiger partial charge in [-0.25, -0.2) is 0 Å². The molecule has 4 nitrogen and oxygen atoms in total. The number of nitrogens with one attached hydrogen (secondary N) is 1. The van der Waals surface area contributed by atoms with Crippen molar-refractivity contribution in [2.75, 3.05) is 6.79 Å². The lowest BCUT2D eigenvalue weighted by atomic mass is 9.95. The smallest absolute Gasteiger partial charge is 0.244 e. The molecule has 0 saturated heterocycles. The molecule has 28 heavy (non-hydrogen) atoms. The van der Waals surface area contributed by atoms with Gasteiger partial charge in [-0.3, -0.25) is 4.79 Å². The SMILES string of the molecule is Cc1ccccc1C(NC(=O)/C=C/c1ccc2c(c1)OCO2)c1ccccc1. The third-order valence-electron chi connectivity index (χ3n) is 4.74. The van der Waals surface area contributed by atoms with Crippen LogP contribution in [0, 0.1) is 6.92 Å². The number of benzene rings is 3. The predicted octanol–water partition coefficient (Wildman–Crippen LogP) is 4.64. The molecule has 1 amide bonds. The summed E-state index contributed by atoms with van der Waals surface area (Å²) in [4.78, 5) is 12.7. The number of hydrogen-bond acceptors (Lipinski definition) is 3. The van der Waals surface area contributed by atoms with E-state index < -0.39 is 0 Å². The highest BCUT2D eigenvalue weighted by molar-refractivity contribution is 5.92. The Morgan fingerprint density at radius 2 is 1.71 bits per heavy atom. The second kappa shape index (κ2) is 8.01. The molecule has 1 aliphatic rings. The van der Waals surface area contributed by atoms with Crippen LogP contribution in [-0.4, -0.2) is 12.7 Å². The van der Waals surface area contributed by atoms with Crippen molar-refractivity contribution in [1.82, 2.24) is 5.32 Å². The van der Waals surface area contributed by atoms with E-state index in [4.69, 9.17) is 9.47 Å². The molecular formula is C24H21NO3. The fourth-order valence-electron chi connectivity index (χ4n) is 3.28. The van der Waals surface area contributed by atoms with Gasteiger partial charge in [-0.2, -0.15) is 0 Å². The van der Waals surface area contributed by atoms with Crippen LogP contribution in [0.3, 0.4) is 0 Å². The number of aryl methyl sites for hydroxylation is 1. The van der Waals surface area contributed by atoms with Crippen molar-refractivity contribution < 1.29 is 14.3 Å². The topological polar surface area (TPSA) is 47.6 Å². The van der Waals surface area contributed by atoms with E-state index in [0.717, 1.165) is 28.0 Å². The quantitative estimate of drug-likeness (QED) is 0.665. The molecule has 0 saturated carbocycles.